The molecule has 0 saturated heterocycles. The van der Waals surface area contributed by atoms with Gasteiger partial charge in [-0.05, 0) is 31.7 Å². The van der Waals surface area contributed by atoms with Gasteiger partial charge in [-0.1, -0.05) is 12.5 Å². The van der Waals surface area contributed by atoms with Gasteiger partial charge in [0.15, 0.2) is 0 Å². The van der Waals surface area contributed by atoms with Crippen molar-refractivity contribution in [2.24, 2.45) is 0 Å². The van der Waals surface area contributed by atoms with Crippen molar-refractivity contribution < 1.29 is 4.74 Å². The van der Waals surface area contributed by atoms with Crippen LogP contribution in [0.4, 0.5) is 0 Å². The van der Waals surface area contributed by atoms with Gasteiger partial charge in [0.25, 0.3) is 0 Å². The van der Waals surface area contributed by atoms with E-state index in [0.29, 0.717) is 12.0 Å². The largest absolute Gasteiger partial charge is 0.474 e. The predicted octanol–water partition coefficient (Wildman–Crippen LogP) is 3.53. The number of hydrogen-bond acceptors (Lipinski definition) is 2. The molecule has 1 heterocycles. The Morgan fingerprint density at radius 2 is 2.13 bits per heavy atom. The van der Waals surface area contributed by atoms with Crippen LogP contribution in [0.1, 0.15) is 37.7 Å². The van der Waals surface area contributed by atoms with Gasteiger partial charge in [0.2, 0.25) is 5.88 Å². The molecular weight excluding hydrogens is 210 g/mol. The number of ether oxygens (including phenoxy) is 1. The van der Waals surface area contributed by atoms with Gasteiger partial charge in [0.05, 0.1) is 5.88 Å². The summed E-state index contributed by atoms with van der Waals surface area (Å²) in [6.07, 6.45) is 8.28. The fourth-order valence-corrected chi connectivity index (χ4v) is 2.18. The Balaban J connectivity index is 2.02. The molecule has 0 aliphatic heterocycles. The van der Waals surface area contributed by atoms with Crippen molar-refractivity contribution in [1.29, 1.82) is 0 Å². The monoisotopic (exact) mass is 225 g/mol. The topological polar surface area (TPSA) is 22.1 Å². The predicted molar refractivity (Wildman–Crippen MR) is 61.3 cm³/mol. The zero-order valence-electron chi connectivity index (χ0n) is 8.79. The first kappa shape index (κ1) is 10.7. The zero-order chi connectivity index (χ0) is 10.5. The number of nitrogens with zero attached hydrogens (tertiary/aromatic N) is 1. The number of halogens is 1. The van der Waals surface area contributed by atoms with E-state index in [1.165, 1.54) is 19.3 Å². The average Bonchev–Trinajstić information content (AvgIpc) is 2.31. The molecule has 1 aromatic rings. The SMILES string of the molecule is ClCc1cccnc1OC1CCCCC1. The second-order valence-corrected chi connectivity index (χ2v) is 4.25. The molecule has 0 spiro atoms. The summed E-state index contributed by atoms with van der Waals surface area (Å²) in [5, 5.41) is 0. The molecule has 0 N–H and O–H groups in total. The van der Waals surface area contributed by atoms with E-state index in [0.717, 1.165) is 24.3 Å². The fraction of sp³-hybridized carbons (Fsp3) is 0.583. The van der Waals surface area contributed by atoms with Gasteiger partial charge >= 0.3 is 0 Å². The van der Waals surface area contributed by atoms with Gasteiger partial charge in [0, 0.05) is 11.8 Å². The van der Waals surface area contributed by atoms with Crippen LogP contribution >= 0.6 is 11.6 Å². The maximum absolute atomic E-state index is 5.88. The smallest absolute Gasteiger partial charge is 0.218 e. The second kappa shape index (κ2) is 5.36. The molecular formula is C12H16ClNO. The van der Waals surface area contributed by atoms with Crippen LogP contribution in [-0.2, 0) is 5.88 Å². The molecule has 0 aromatic carbocycles. The second-order valence-electron chi connectivity index (χ2n) is 3.98. The Morgan fingerprint density at radius 3 is 2.87 bits per heavy atom. The minimum Gasteiger partial charge on any atom is -0.474 e. The van der Waals surface area contributed by atoms with Gasteiger partial charge in [-0.3, -0.25) is 0 Å². The van der Waals surface area contributed by atoms with Crippen molar-refractivity contribution in [3.63, 3.8) is 0 Å². The Kier molecular flexibility index (Phi) is 3.84. The van der Waals surface area contributed by atoms with E-state index >= 15 is 0 Å². The van der Waals surface area contributed by atoms with Gasteiger partial charge in [-0.25, -0.2) is 4.98 Å². The number of aromatic nitrogens is 1. The van der Waals surface area contributed by atoms with Gasteiger partial charge in [-0.2, -0.15) is 0 Å². The number of hydrogen-bond donors (Lipinski definition) is 0. The summed E-state index contributed by atoms with van der Waals surface area (Å²) >= 11 is 5.83. The van der Waals surface area contributed by atoms with E-state index in [1.807, 2.05) is 12.1 Å². The molecule has 2 nitrogen and oxygen atoms in total. The summed E-state index contributed by atoms with van der Waals surface area (Å²) in [7, 11) is 0. The maximum Gasteiger partial charge on any atom is 0.218 e. The quantitative estimate of drug-likeness (QED) is 0.735. The Morgan fingerprint density at radius 1 is 1.33 bits per heavy atom. The third kappa shape index (κ3) is 2.85. The van der Waals surface area contributed by atoms with Crippen LogP contribution in [0.2, 0.25) is 0 Å². The van der Waals surface area contributed by atoms with Crippen LogP contribution in [-0.4, -0.2) is 11.1 Å². The Hall–Kier alpha value is -0.760. The third-order valence-electron chi connectivity index (χ3n) is 2.82. The first-order chi connectivity index (χ1) is 7.40. The normalized spacial score (nSPS) is 17.7. The number of pyridine rings is 1. The standard InChI is InChI=1S/C12H16ClNO/c13-9-10-5-4-8-14-12(10)15-11-6-2-1-3-7-11/h4-5,8,11H,1-3,6-7,9H2. The van der Waals surface area contributed by atoms with Crippen LogP contribution in [0, 0.1) is 0 Å². The minimum absolute atomic E-state index is 0.343. The van der Waals surface area contributed by atoms with Crippen molar-refractivity contribution in [2.75, 3.05) is 0 Å². The molecule has 0 atom stereocenters. The first-order valence-corrected chi connectivity index (χ1v) is 6.10. The molecule has 82 valence electrons. The summed E-state index contributed by atoms with van der Waals surface area (Å²) in [5.41, 5.74) is 0.991. The lowest BCUT2D eigenvalue weighted by Crippen LogP contribution is -2.20. The maximum atomic E-state index is 5.88. The van der Waals surface area contributed by atoms with Crippen molar-refractivity contribution in [1.82, 2.24) is 4.98 Å². The molecule has 15 heavy (non-hydrogen) atoms. The van der Waals surface area contributed by atoms with E-state index in [2.05, 4.69) is 4.98 Å². The lowest BCUT2D eigenvalue weighted by Gasteiger charge is -2.23. The highest BCUT2D eigenvalue weighted by Crippen LogP contribution is 2.24. The van der Waals surface area contributed by atoms with Crippen LogP contribution in [0.3, 0.4) is 0 Å². The van der Waals surface area contributed by atoms with Crippen LogP contribution < -0.4 is 4.74 Å². The summed E-state index contributed by atoms with van der Waals surface area (Å²) in [5.74, 6) is 1.19. The van der Waals surface area contributed by atoms with Crippen LogP contribution in [0.25, 0.3) is 0 Å². The average molecular weight is 226 g/mol. The summed E-state index contributed by atoms with van der Waals surface area (Å²) < 4.78 is 5.88. The van der Waals surface area contributed by atoms with Gasteiger partial charge in [0.1, 0.15) is 6.10 Å². The zero-order valence-corrected chi connectivity index (χ0v) is 9.54. The van der Waals surface area contributed by atoms with Crippen LogP contribution in [0.15, 0.2) is 18.3 Å². The number of rotatable bonds is 3. The Bertz CT molecular complexity index is 310. The molecule has 0 amide bonds. The molecule has 3 heteroatoms. The van der Waals surface area contributed by atoms with E-state index in [9.17, 15) is 0 Å². The van der Waals surface area contributed by atoms with Crippen molar-refractivity contribution in [2.45, 2.75) is 44.1 Å². The fourth-order valence-electron chi connectivity index (χ4n) is 1.97. The van der Waals surface area contributed by atoms with Crippen molar-refractivity contribution >= 4 is 11.6 Å². The van der Waals surface area contributed by atoms with Crippen molar-refractivity contribution in [3.8, 4) is 5.88 Å². The molecule has 1 aliphatic carbocycles. The van der Waals surface area contributed by atoms with E-state index in [4.69, 9.17) is 16.3 Å². The molecule has 1 aliphatic rings. The molecule has 1 saturated carbocycles. The minimum atomic E-state index is 0.343. The highest BCUT2D eigenvalue weighted by Gasteiger charge is 2.16. The van der Waals surface area contributed by atoms with Crippen molar-refractivity contribution in [3.05, 3.63) is 23.9 Å². The molecule has 1 fully saturated rings. The summed E-state index contributed by atoms with van der Waals surface area (Å²) in [6, 6.07) is 3.86. The van der Waals surface area contributed by atoms with E-state index in [-0.39, 0.29) is 0 Å². The summed E-state index contributed by atoms with van der Waals surface area (Å²) in [4.78, 5) is 4.24. The summed E-state index contributed by atoms with van der Waals surface area (Å²) in [6.45, 7) is 0. The molecule has 2 rings (SSSR count). The third-order valence-corrected chi connectivity index (χ3v) is 3.11. The van der Waals surface area contributed by atoms with E-state index in [1.54, 1.807) is 6.20 Å². The molecule has 0 radical (unpaired) electrons. The lowest BCUT2D eigenvalue weighted by molar-refractivity contribution is 0.147. The van der Waals surface area contributed by atoms with Gasteiger partial charge in [-0.15, -0.1) is 11.6 Å². The lowest BCUT2D eigenvalue weighted by atomic mass is 9.98. The van der Waals surface area contributed by atoms with Gasteiger partial charge < -0.3 is 4.74 Å². The molecule has 0 bridgehead atoms. The molecule has 1 aromatic heterocycles. The number of alkyl halides is 1. The highest BCUT2D eigenvalue weighted by atomic mass is 35.5. The van der Waals surface area contributed by atoms with E-state index < -0.39 is 0 Å². The highest BCUT2D eigenvalue weighted by molar-refractivity contribution is 6.17. The van der Waals surface area contributed by atoms with Crippen LogP contribution in [0.5, 0.6) is 5.88 Å². The molecule has 0 unspecified atom stereocenters. The Labute approximate surface area is 95.6 Å². The first-order valence-electron chi connectivity index (χ1n) is 5.56.